The van der Waals surface area contributed by atoms with E-state index < -0.39 is 17.6 Å². The first-order valence-electron chi connectivity index (χ1n) is 5.23. The van der Waals surface area contributed by atoms with Gasteiger partial charge in [0.25, 0.3) is 0 Å². The summed E-state index contributed by atoms with van der Waals surface area (Å²) in [5.74, 6) is -1.27. The van der Waals surface area contributed by atoms with Gasteiger partial charge in [0.1, 0.15) is 10.8 Å². The molecule has 0 saturated carbocycles. The first-order valence-corrected chi connectivity index (χ1v) is 6.11. The Labute approximate surface area is 105 Å². The lowest BCUT2D eigenvalue weighted by molar-refractivity contribution is -0.139. The molecule has 6 heteroatoms. The molecule has 18 heavy (non-hydrogen) atoms. The number of rotatable bonds is 2. The normalized spacial score (nSPS) is 11.8. The molecule has 0 N–H and O–H groups in total. The molecule has 0 atom stereocenters. The number of benzene rings is 1. The minimum atomic E-state index is -4.67. The molecule has 0 aliphatic carbocycles. The van der Waals surface area contributed by atoms with E-state index in [1.807, 2.05) is 12.3 Å². The number of halogens is 4. The van der Waals surface area contributed by atoms with Crippen LogP contribution in [0.25, 0.3) is 10.6 Å². The Kier molecular flexibility index (Phi) is 3.38. The maximum Gasteiger partial charge on any atom is 0.419 e. The van der Waals surface area contributed by atoms with Gasteiger partial charge in [-0.1, -0.05) is 13.0 Å². The zero-order valence-electron chi connectivity index (χ0n) is 9.38. The van der Waals surface area contributed by atoms with Gasteiger partial charge in [-0.2, -0.15) is 13.2 Å². The largest absolute Gasteiger partial charge is 0.419 e. The van der Waals surface area contributed by atoms with Crippen LogP contribution in [-0.2, 0) is 12.6 Å². The number of thiazole rings is 1. The molecule has 0 radical (unpaired) electrons. The summed E-state index contributed by atoms with van der Waals surface area (Å²) in [6, 6.07) is 2.86. The molecule has 0 saturated heterocycles. The van der Waals surface area contributed by atoms with Crippen molar-refractivity contribution in [3.63, 3.8) is 0 Å². The van der Waals surface area contributed by atoms with E-state index in [2.05, 4.69) is 4.98 Å². The summed E-state index contributed by atoms with van der Waals surface area (Å²) >= 11 is 1.29. The van der Waals surface area contributed by atoms with Crippen LogP contribution in [0.3, 0.4) is 0 Å². The van der Waals surface area contributed by atoms with Gasteiger partial charge in [-0.25, -0.2) is 9.37 Å². The Hall–Kier alpha value is -1.43. The summed E-state index contributed by atoms with van der Waals surface area (Å²) in [4.78, 5) is 4.20. The quantitative estimate of drug-likeness (QED) is 0.734. The summed E-state index contributed by atoms with van der Waals surface area (Å²) in [6.45, 7) is 1.92. The van der Waals surface area contributed by atoms with E-state index in [4.69, 9.17) is 0 Å². The maximum atomic E-state index is 13.4. The molecule has 0 aliphatic heterocycles. The molecule has 96 valence electrons. The molecule has 1 heterocycles. The van der Waals surface area contributed by atoms with Crippen molar-refractivity contribution in [1.29, 1.82) is 0 Å². The van der Waals surface area contributed by atoms with Crippen LogP contribution in [0.5, 0.6) is 0 Å². The second-order valence-electron chi connectivity index (χ2n) is 3.69. The summed E-state index contributed by atoms with van der Waals surface area (Å²) in [5.41, 5.74) is -0.0426. The molecule has 0 spiro atoms. The number of aromatic nitrogens is 1. The lowest BCUT2D eigenvalue weighted by Gasteiger charge is -2.08. The smallest absolute Gasteiger partial charge is 0.241 e. The van der Waals surface area contributed by atoms with E-state index >= 15 is 0 Å². The van der Waals surface area contributed by atoms with Crippen molar-refractivity contribution < 1.29 is 17.6 Å². The Balaban J connectivity index is 2.40. The molecule has 0 fully saturated rings. The predicted molar refractivity (Wildman–Crippen MR) is 61.9 cm³/mol. The summed E-state index contributed by atoms with van der Waals surface area (Å²) in [6.07, 6.45) is -3.93. The molecule has 1 aromatic heterocycles. The van der Waals surface area contributed by atoms with Gasteiger partial charge in [0.05, 0.1) is 11.3 Å². The number of nitrogens with zero attached hydrogens (tertiary/aromatic N) is 1. The van der Waals surface area contributed by atoms with E-state index in [1.54, 1.807) is 0 Å². The molecule has 0 bridgehead atoms. The second-order valence-corrected chi connectivity index (χ2v) is 4.55. The van der Waals surface area contributed by atoms with Gasteiger partial charge in [0.15, 0.2) is 0 Å². The average Bonchev–Trinajstić information content (AvgIpc) is 2.75. The van der Waals surface area contributed by atoms with Crippen molar-refractivity contribution in [2.75, 3.05) is 0 Å². The lowest BCUT2D eigenvalue weighted by atomic mass is 10.1. The number of hydrogen-bond donors (Lipinski definition) is 0. The van der Waals surface area contributed by atoms with Gasteiger partial charge in [-0.05, 0) is 18.6 Å². The summed E-state index contributed by atoms with van der Waals surface area (Å²) < 4.78 is 50.5. The minimum absolute atomic E-state index is 0.366. The zero-order valence-corrected chi connectivity index (χ0v) is 10.2. The Morgan fingerprint density at radius 1 is 1.28 bits per heavy atom. The van der Waals surface area contributed by atoms with E-state index in [0.29, 0.717) is 10.6 Å². The lowest BCUT2D eigenvalue weighted by Crippen LogP contribution is -2.07. The van der Waals surface area contributed by atoms with Crippen LogP contribution in [-0.4, -0.2) is 4.98 Å². The van der Waals surface area contributed by atoms with Gasteiger partial charge in [-0.3, -0.25) is 0 Å². The maximum absolute atomic E-state index is 13.4. The highest BCUT2D eigenvalue weighted by atomic mass is 32.1. The van der Waals surface area contributed by atoms with Crippen molar-refractivity contribution in [2.24, 2.45) is 0 Å². The van der Waals surface area contributed by atoms with Crippen molar-refractivity contribution in [3.8, 4) is 10.6 Å². The van der Waals surface area contributed by atoms with Gasteiger partial charge in [-0.15, -0.1) is 11.3 Å². The van der Waals surface area contributed by atoms with E-state index in [9.17, 15) is 17.6 Å². The Morgan fingerprint density at radius 2 is 2.00 bits per heavy atom. The molecule has 2 rings (SSSR count). The fourth-order valence-electron chi connectivity index (χ4n) is 1.48. The van der Waals surface area contributed by atoms with E-state index in [-0.39, 0.29) is 0 Å². The first-order chi connectivity index (χ1) is 8.41. The van der Waals surface area contributed by atoms with Crippen LogP contribution in [0.2, 0.25) is 0 Å². The van der Waals surface area contributed by atoms with Crippen LogP contribution in [0, 0.1) is 5.82 Å². The van der Waals surface area contributed by atoms with Crippen LogP contribution in [0.1, 0.15) is 18.2 Å². The fourth-order valence-corrected chi connectivity index (χ4v) is 2.38. The Bertz CT molecular complexity index is 559. The second kappa shape index (κ2) is 4.68. The van der Waals surface area contributed by atoms with E-state index in [1.165, 1.54) is 17.4 Å². The molecule has 0 amide bonds. The third-order valence-corrected chi connectivity index (χ3v) is 3.38. The molecule has 1 nitrogen and oxygen atoms in total. The van der Waals surface area contributed by atoms with Crippen molar-refractivity contribution in [1.82, 2.24) is 4.98 Å². The standard InChI is InChI=1S/C12H9F4NS/c1-2-8-6-18-11(17-8)7-3-4-9(10(13)5-7)12(14,15)16/h3-6H,2H2,1H3. The highest BCUT2D eigenvalue weighted by Crippen LogP contribution is 2.34. The number of aryl methyl sites for hydroxylation is 1. The highest BCUT2D eigenvalue weighted by Gasteiger charge is 2.34. The first kappa shape index (κ1) is 13.0. The SMILES string of the molecule is CCc1csc(-c2ccc(C(F)(F)F)c(F)c2)n1. The van der Waals surface area contributed by atoms with Crippen LogP contribution in [0.4, 0.5) is 17.6 Å². The van der Waals surface area contributed by atoms with Crippen molar-refractivity contribution >= 4 is 11.3 Å². The van der Waals surface area contributed by atoms with Gasteiger partial charge < -0.3 is 0 Å². The van der Waals surface area contributed by atoms with E-state index in [0.717, 1.165) is 24.2 Å². The summed E-state index contributed by atoms with van der Waals surface area (Å²) in [7, 11) is 0. The minimum Gasteiger partial charge on any atom is -0.241 e. The molecule has 0 aliphatic rings. The third kappa shape index (κ3) is 2.53. The topological polar surface area (TPSA) is 12.9 Å². The molecular weight excluding hydrogens is 266 g/mol. The number of alkyl halides is 3. The van der Waals surface area contributed by atoms with Crippen LogP contribution >= 0.6 is 11.3 Å². The van der Waals surface area contributed by atoms with Crippen molar-refractivity contribution in [2.45, 2.75) is 19.5 Å². The third-order valence-electron chi connectivity index (χ3n) is 2.44. The predicted octanol–water partition coefficient (Wildman–Crippen LogP) is 4.53. The van der Waals surface area contributed by atoms with Crippen LogP contribution < -0.4 is 0 Å². The van der Waals surface area contributed by atoms with Crippen LogP contribution in [0.15, 0.2) is 23.6 Å². The molecule has 2 aromatic rings. The molecule has 0 unspecified atom stereocenters. The highest BCUT2D eigenvalue weighted by molar-refractivity contribution is 7.13. The zero-order chi connectivity index (χ0) is 13.3. The number of hydrogen-bond acceptors (Lipinski definition) is 2. The fraction of sp³-hybridized carbons (Fsp3) is 0.250. The van der Waals surface area contributed by atoms with Gasteiger partial charge in [0, 0.05) is 10.9 Å². The van der Waals surface area contributed by atoms with Crippen molar-refractivity contribution in [3.05, 3.63) is 40.7 Å². The molecular formula is C12H9F4NS. The molecule has 1 aromatic carbocycles. The Morgan fingerprint density at radius 3 is 2.50 bits per heavy atom. The average molecular weight is 275 g/mol. The monoisotopic (exact) mass is 275 g/mol. The van der Waals surface area contributed by atoms with Gasteiger partial charge in [0.2, 0.25) is 0 Å². The van der Waals surface area contributed by atoms with Gasteiger partial charge >= 0.3 is 6.18 Å². The summed E-state index contributed by atoms with van der Waals surface area (Å²) in [5, 5.41) is 2.34.